The van der Waals surface area contributed by atoms with Crippen LogP contribution in [0.3, 0.4) is 0 Å². The molecule has 2 rings (SSSR count). The fourth-order valence-electron chi connectivity index (χ4n) is 2.41. The van der Waals surface area contributed by atoms with E-state index in [1.165, 1.54) is 43.3 Å². The molecule has 0 radical (unpaired) electrons. The topological polar surface area (TPSA) is 131 Å². The third kappa shape index (κ3) is 5.21. The number of hydrazine groups is 1. The molecule has 2 aromatic rings. The van der Waals surface area contributed by atoms with Crippen molar-refractivity contribution >= 4 is 33.2 Å². The molecule has 0 bridgehead atoms. The molecule has 2 amide bonds. The van der Waals surface area contributed by atoms with Crippen LogP contribution in [0.1, 0.15) is 13.8 Å². The minimum absolute atomic E-state index is 0.0414. The molecule has 0 spiro atoms. The van der Waals surface area contributed by atoms with E-state index in [0.717, 1.165) is 4.31 Å². The average Bonchev–Trinajstić information content (AvgIpc) is 2.66. The predicted octanol–water partition coefficient (Wildman–Crippen LogP) is 1.23. The van der Waals surface area contributed by atoms with Crippen molar-refractivity contribution < 1.29 is 22.7 Å². The van der Waals surface area contributed by atoms with Crippen molar-refractivity contribution in [2.24, 2.45) is 5.84 Å². The summed E-state index contributed by atoms with van der Waals surface area (Å²) in [5, 5.41) is 2.56. The number of carbonyl (C=O) groups excluding carboxylic acids is 2. The number of hydrogen-bond acceptors (Lipinski definition) is 6. The number of rotatable bonds is 8. The zero-order valence-electron chi connectivity index (χ0n) is 15.5. The molecule has 0 aromatic heterocycles. The summed E-state index contributed by atoms with van der Waals surface area (Å²) in [6, 6.07) is 11.9. The zero-order chi connectivity index (χ0) is 20.7. The van der Waals surface area contributed by atoms with E-state index in [-0.39, 0.29) is 16.5 Å². The van der Waals surface area contributed by atoms with Crippen LogP contribution in [0, 0.1) is 0 Å². The zero-order valence-corrected chi connectivity index (χ0v) is 16.3. The number of amides is 2. The van der Waals surface area contributed by atoms with Crippen molar-refractivity contribution in [3.63, 3.8) is 0 Å². The highest BCUT2D eigenvalue weighted by atomic mass is 32.2. The van der Waals surface area contributed by atoms with Gasteiger partial charge in [-0.15, -0.1) is 0 Å². The maximum atomic E-state index is 13.1. The van der Waals surface area contributed by atoms with Gasteiger partial charge < -0.3 is 10.1 Å². The van der Waals surface area contributed by atoms with Crippen LogP contribution in [0.25, 0.3) is 0 Å². The van der Waals surface area contributed by atoms with Gasteiger partial charge in [-0.3, -0.25) is 19.3 Å². The molecule has 0 heterocycles. The normalized spacial score (nSPS) is 10.8. The first-order chi connectivity index (χ1) is 13.3. The lowest BCUT2D eigenvalue weighted by atomic mass is 10.3. The number of hydrogen-bond donors (Lipinski definition) is 3. The molecular formula is C18H22N4O5S. The van der Waals surface area contributed by atoms with Crippen LogP contribution in [0.5, 0.6) is 5.75 Å². The van der Waals surface area contributed by atoms with E-state index < -0.39 is 22.5 Å². The first-order valence-electron chi connectivity index (χ1n) is 8.40. The average molecular weight is 406 g/mol. The van der Waals surface area contributed by atoms with Gasteiger partial charge in [0.1, 0.15) is 12.3 Å². The SMILES string of the molecule is CCOc1ccc(N(CC(=O)NN)S(=O)(=O)c2ccc(NC(C)=O)cc2)cc1. The summed E-state index contributed by atoms with van der Waals surface area (Å²) in [5.74, 6) is 4.76. The van der Waals surface area contributed by atoms with E-state index >= 15 is 0 Å². The lowest BCUT2D eigenvalue weighted by Crippen LogP contribution is -2.43. The molecule has 10 heteroatoms. The number of benzene rings is 2. The lowest BCUT2D eigenvalue weighted by Gasteiger charge is -2.24. The van der Waals surface area contributed by atoms with Crippen molar-refractivity contribution in [3.05, 3.63) is 48.5 Å². The van der Waals surface area contributed by atoms with Crippen molar-refractivity contribution in [2.45, 2.75) is 18.7 Å². The van der Waals surface area contributed by atoms with E-state index in [2.05, 4.69) is 5.32 Å². The third-order valence-corrected chi connectivity index (χ3v) is 5.43. The number of anilines is 2. The Labute approximate surface area is 163 Å². The van der Waals surface area contributed by atoms with Gasteiger partial charge in [-0.25, -0.2) is 14.3 Å². The first kappa shape index (κ1) is 21.2. The van der Waals surface area contributed by atoms with Crippen LogP contribution in [0.15, 0.2) is 53.4 Å². The van der Waals surface area contributed by atoms with Crippen molar-refractivity contribution in [1.82, 2.24) is 5.43 Å². The quantitative estimate of drug-likeness (QED) is 0.343. The molecule has 9 nitrogen and oxygen atoms in total. The second-order valence-corrected chi connectivity index (χ2v) is 7.57. The minimum Gasteiger partial charge on any atom is -0.494 e. The highest BCUT2D eigenvalue weighted by Gasteiger charge is 2.27. The van der Waals surface area contributed by atoms with Crippen molar-refractivity contribution in [2.75, 3.05) is 22.8 Å². The van der Waals surface area contributed by atoms with Crippen LogP contribution < -0.4 is 25.6 Å². The van der Waals surface area contributed by atoms with Crippen LogP contribution in [0.2, 0.25) is 0 Å². The van der Waals surface area contributed by atoms with Gasteiger partial charge >= 0.3 is 0 Å². The standard InChI is InChI=1S/C18H22N4O5S/c1-3-27-16-8-6-15(7-9-16)22(12-18(24)21-19)28(25,26)17-10-4-14(5-11-17)20-13(2)23/h4-11H,3,12,19H2,1-2H3,(H,20,23)(H,21,24). The van der Waals surface area contributed by atoms with Crippen LogP contribution in [-0.2, 0) is 19.6 Å². The molecule has 0 aliphatic rings. The molecule has 0 unspecified atom stereocenters. The molecule has 0 atom stereocenters. The molecule has 2 aromatic carbocycles. The number of nitrogens with two attached hydrogens (primary N) is 1. The Kier molecular flexibility index (Phi) is 6.96. The van der Waals surface area contributed by atoms with Crippen molar-refractivity contribution in [1.29, 1.82) is 0 Å². The summed E-state index contributed by atoms with van der Waals surface area (Å²) in [6.45, 7) is 3.16. The summed E-state index contributed by atoms with van der Waals surface area (Å²) in [5.41, 5.74) is 2.67. The Balaban J connectivity index is 2.40. The number of ether oxygens (including phenoxy) is 1. The summed E-state index contributed by atoms with van der Waals surface area (Å²) in [7, 11) is -4.07. The maximum absolute atomic E-state index is 13.1. The number of nitrogens with one attached hydrogen (secondary N) is 2. The molecular weight excluding hydrogens is 384 g/mol. The molecule has 0 aliphatic carbocycles. The molecule has 0 saturated heterocycles. The van der Waals surface area contributed by atoms with Crippen LogP contribution >= 0.6 is 0 Å². The fourth-order valence-corrected chi connectivity index (χ4v) is 3.83. The van der Waals surface area contributed by atoms with Gasteiger partial charge in [0.2, 0.25) is 5.91 Å². The predicted molar refractivity (Wildman–Crippen MR) is 105 cm³/mol. The maximum Gasteiger partial charge on any atom is 0.264 e. The summed E-state index contributed by atoms with van der Waals surface area (Å²) in [6.07, 6.45) is 0. The molecule has 0 fully saturated rings. The van der Waals surface area contributed by atoms with Gasteiger partial charge in [0.25, 0.3) is 15.9 Å². The molecule has 0 aliphatic heterocycles. The van der Waals surface area contributed by atoms with Crippen LogP contribution in [-0.4, -0.2) is 33.4 Å². The van der Waals surface area contributed by atoms with Gasteiger partial charge in [-0.1, -0.05) is 0 Å². The van der Waals surface area contributed by atoms with E-state index in [1.54, 1.807) is 12.1 Å². The molecule has 0 saturated carbocycles. The van der Waals surface area contributed by atoms with Gasteiger partial charge in [0.05, 0.1) is 17.2 Å². The number of carbonyl (C=O) groups is 2. The minimum atomic E-state index is -4.07. The smallest absolute Gasteiger partial charge is 0.264 e. The largest absolute Gasteiger partial charge is 0.494 e. The third-order valence-electron chi connectivity index (χ3n) is 3.65. The highest BCUT2D eigenvalue weighted by molar-refractivity contribution is 7.92. The number of nitrogens with zero attached hydrogens (tertiary/aromatic N) is 1. The Morgan fingerprint density at radius 1 is 1.07 bits per heavy atom. The van der Waals surface area contributed by atoms with Crippen LogP contribution in [0.4, 0.5) is 11.4 Å². The summed E-state index contributed by atoms with van der Waals surface area (Å²) >= 11 is 0. The van der Waals surface area contributed by atoms with E-state index in [4.69, 9.17) is 10.6 Å². The van der Waals surface area contributed by atoms with E-state index in [0.29, 0.717) is 18.0 Å². The highest BCUT2D eigenvalue weighted by Crippen LogP contribution is 2.26. The lowest BCUT2D eigenvalue weighted by molar-refractivity contribution is -0.119. The monoisotopic (exact) mass is 406 g/mol. The second-order valence-electron chi connectivity index (χ2n) is 5.71. The Bertz CT molecular complexity index is 927. The van der Waals surface area contributed by atoms with Gasteiger partial charge in [-0.05, 0) is 55.5 Å². The molecule has 4 N–H and O–H groups in total. The Morgan fingerprint density at radius 2 is 1.68 bits per heavy atom. The number of sulfonamides is 1. The Hall–Kier alpha value is -3.11. The van der Waals surface area contributed by atoms with E-state index in [9.17, 15) is 18.0 Å². The molecule has 150 valence electrons. The Morgan fingerprint density at radius 3 is 2.18 bits per heavy atom. The summed E-state index contributed by atoms with van der Waals surface area (Å²) in [4.78, 5) is 22.9. The van der Waals surface area contributed by atoms with Crippen molar-refractivity contribution in [3.8, 4) is 5.75 Å². The van der Waals surface area contributed by atoms with Gasteiger partial charge in [0, 0.05) is 12.6 Å². The van der Waals surface area contributed by atoms with Gasteiger partial charge in [0.15, 0.2) is 0 Å². The van der Waals surface area contributed by atoms with E-state index in [1.807, 2.05) is 12.3 Å². The summed E-state index contributed by atoms with van der Waals surface area (Å²) < 4.78 is 32.5. The van der Waals surface area contributed by atoms with Gasteiger partial charge in [-0.2, -0.15) is 0 Å². The first-order valence-corrected chi connectivity index (χ1v) is 9.84. The second kappa shape index (κ2) is 9.20. The molecule has 28 heavy (non-hydrogen) atoms. The fraction of sp³-hybridized carbons (Fsp3) is 0.222.